The predicted molar refractivity (Wildman–Crippen MR) is 54.6 cm³/mol. The summed E-state index contributed by atoms with van der Waals surface area (Å²) >= 11 is 0. The van der Waals surface area contributed by atoms with E-state index in [1.807, 2.05) is 0 Å². The first kappa shape index (κ1) is 10.2. The van der Waals surface area contributed by atoms with Gasteiger partial charge in [-0.1, -0.05) is 31.2 Å². The smallest absolute Gasteiger partial charge is 0.0713 e. The van der Waals surface area contributed by atoms with Crippen LogP contribution < -0.4 is 5.73 Å². The van der Waals surface area contributed by atoms with E-state index >= 15 is 0 Å². The van der Waals surface area contributed by atoms with Gasteiger partial charge in [-0.3, -0.25) is 0 Å². The molecule has 0 aliphatic heterocycles. The molecule has 2 nitrogen and oxygen atoms in total. The third-order valence-electron chi connectivity index (χ3n) is 2.18. The van der Waals surface area contributed by atoms with E-state index in [2.05, 4.69) is 31.2 Å². The van der Waals surface area contributed by atoms with Crippen molar-refractivity contribution in [2.75, 3.05) is 13.7 Å². The van der Waals surface area contributed by atoms with Gasteiger partial charge in [-0.25, -0.2) is 0 Å². The summed E-state index contributed by atoms with van der Waals surface area (Å²) in [6.45, 7) is 3.49. The fourth-order valence-electron chi connectivity index (χ4n) is 1.29. The molecule has 0 saturated heterocycles. The largest absolute Gasteiger partial charge is 0.380 e. The number of methoxy groups -OCH3 is 1. The Morgan fingerprint density at radius 3 is 2.85 bits per heavy atom. The van der Waals surface area contributed by atoms with Gasteiger partial charge in [0, 0.05) is 7.11 Å². The molecule has 0 aromatic heterocycles. The van der Waals surface area contributed by atoms with Gasteiger partial charge in [-0.15, -0.1) is 0 Å². The van der Waals surface area contributed by atoms with Crippen molar-refractivity contribution < 1.29 is 4.74 Å². The topological polar surface area (TPSA) is 35.2 Å². The molecular weight excluding hydrogens is 162 g/mol. The lowest BCUT2D eigenvalue weighted by Crippen LogP contribution is -2.09. The maximum absolute atomic E-state index is 5.60. The molecule has 0 saturated carbocycles. The summed E-state index contributed by atoms with van der Waals surface area (Å²) in [6.07, 6.45) is 0. The average molecular weight is 179 g/mol. The maximum Gasteiger partial charge on any atom is 0.0713 e. The van der Waals surface area contributed by atoms with Crippen LogP contribution in [0.4, 0.5) is 0 Å². The molecule has 0 bridgehead atoms. The van der Waals surface area contributed by atoms with E-state index < -0.39 is 0 Å². The van der Waals surface area contributed by atoms with Crippen molar-refractivity contribution in [3.05, 3.63) is 35.4 Å². The number of hydrogen-bond acceptors (Lipinski definition) is 2. The second-order valence-corrected chi connectivity index (χ2v) is 3.31. The Balaban J connectivity index is 2.78. The lowest BCUT2D eigenvalue weighted by atomic mass is 9.99. The molecule has 0 fully saturated rings. The molecular formula is C11H17NO. The van der Waals surface area contributed by atoms with E-state index in [-0.39, 0.29) is 0 Å². The van der Waals surface area contributed by atoms with Crippen LogP contribution in [0.5, 0.6) is 0 Å². The lowest BCUT2D eigenvalue weighted by molar-refractivity contribution is 0.185. The van der Waals surface area contributed by atoms with Crippen molar-refractivity contribution in [3.63, 3.8) is 0 Å². The molecule has 2 heteroatoms. The summed E-state index contributed by atoms with van der Waals surface area (Å²) in [6, 6.07) is 8.38. The molecule has 1 aromatic carbocycles. The van der Waals surface area contributed by atoms with Gasteiger partial charge in [-0.2, -0.15) is 0 Å². The minimum absolute atomic E-state index is 0.428. The van der Waals surface area contributed by atoms with Gasteiger partial charge in [0.15, 0.2) is 0 Å². The minimum atomic E-state index is 0.428. The molecule has 1 atom stereocenters. The molecule has 0 aliphatic rings. The van der Waals surface area contributed by atoms with Crippen molar-refractivity contribution in [1.82, 2.24) is 0 Å². The minimum Gasteiger partial charge on any atom is -0.380 e. The highest BCUT2D eigenvalue weighted by Crippen LogP contribution is 2.15. The highest BCUT2D eigenvalue weighted by Gasteiger charge is 2.02. The molecule has 1 rings (SSSR count). The van der Waals surface area contributed by atoms with E-state index in [4.69, 9.17) is 10.5 Å². The van der Waals surface area contributed by atoms with Crippen LogP contribution >= 0.6 is 0 Å². The number of hydrogen-bond donors (Lipinski definition) is 1. The Kier molecular flexibility index (Phi) is 3.93. The first-order valence-electron chi connectivity index (χ1n) is 4.55. The highest BCUT2D eigenvalue weighted by molar-refractivity contribution is 5.25. The van der Waals surface area contributed by atoms with Crippen molar-refractivity contribution in [2.45, 2.75) is 19.4 Å². The molecule has 0 spiro atoms. The molecule has 72 valence electrons. The van der Waals surface area contributed by atoms with Crippen LogP contribution in [0.2, 0.25) is 0 Å². The van der Waals surface area contributed by atoms with Gasteiger partial charge in [0.2, 0.25) is 0 Å². The van der Waals surface area contributed by atoms with E-state index in [1.165, 1.54) is 11.1 Å². The van der Waals surface area contributed by atoms with Crippen LogP contribution in [0.1, 0.15) is 24.0 Å². The van der Waals surface area contributed by atoms with E-state index in [0.717, 1.165) is 0 Å². The van der Waals surface area contributed by atoms with E-state index in [9.17, 15) is 0 Å². The Morgan fingerprint density at radius 2 is 2.23 bits per heavy atom. The Labute approximate surface area is 79.7 Å². The quantitative estimate of drug-likeness (QED) is 0.766. The summed E-state index contributed by atoms with van der Waals surface area (Å²) < 4.78 is 5.07. The van der Waals surface area contributed by atoms with Gasteiger partial charge in [0.05, 0.1) is 6.61 Å². The van der Waals surface area contributed by atoms with Gasteiger partial charge in [-0.05, 0) is 23.6 Å². The van der Waals surface area contributed by atoms with Crippen LogP contribution in [0, 0.1) is 0 Å². The molecule has 0 heterocycles. The standard InChI is InChI=1S/C11H17NO/c1-9(7-12)11-5-3-4-10(6-11)8-13-2/h3-6,9H,7-8,12H2,1-2H3/t9-/m1/s1. The molecule has 13 heavy (non-hydrogen) atoms. The zero-order valence-corrected chi connectivity index (χ0v) is 8.29. The van der Waals surface area contributed by atoms with E-state index in [1.54, 1.807) is 7.11 Å². The second kappa shape index (κ2) is 5.00. The van der Waals surface area contributed by atoms with Crippen LogP contribution in [-0.2, 0) is 11.3 Å². The van der Waals surface area contributed by atoms with Gasteiger partial charge in [0.25, 0.3) is 0 Å². The van der Waals surface area contributed by atoms with E-state index in [0.29, 0.717) is 19.1 Å². The van der Waals surface area contributed by atoms with Crippen molar-refractivity contribution >= 4 is 0 Å². The summed E-state index contributed by atoms with van der Waals surface area (Å²) in [5, 5.41) is 0. The second-order valence-electron chi connectivity index (χ2n) is 3.31. The van der Waals surface area contributed by atoms with Crippen LogP contribution in [-0.4, -0.2) is 13.7 Å². The van der Waals surface area contributed by atoms with Gasteiger partial charge in [0.1, 0.15) is 0 Å². The zero-order valence-electron chi connectivity index (χ0n) is 8.29. The SMILES string of the molecule is COCc1cccc([C@H](C)CN)c1. The van der Waals surface area contributed by atoms with Crippen LogP contribution in [0.15, 0.2) is 24.3 Å². The fraction of sp³-hybridized carbons (Fsp3) is 0.455. The van der Waals surface area contributed by atoms with Crippen molar-refractivity contribution in [2.24, 2.45) is 5.73 Å². The first-order chi connectivity index (χ1) is 6.27. The summed E-state index contributed by atoms with van der Waals surface area (Å²) in [5.41, 5.74) is 8.09. The third kappa shape index (κ3) is 2.83. The molecule has 0 unspecified atom stereocenters. The zero-order chi connectivity index (χ0) is 9.68. The van der Waals surface area contributed by atoms with Crippen molar-refractivity contribution in [1.29, 1.82) is 0 Å². The Morgan fingerprint density at radius 1 is 1.46 bits per heavy atom. The number of benzene rings is 1. The Hall–Kier alpha value is -0.860. The number of ether oxygens (including phenoxy) is 1. The normalized spacial score (nSPS) is 12.8. The number of rotatable bonds is 4. The fourth-order valence-corrected chi connectivity index (χ4v) is 1.29. The highest BCUT2D eigenvalue weighted by atomic mass is 16.5. The van der Waals surface area contributed by atoms with Gasteiger partial charge < -0.3 is 10.5 Å². The molecule has 0 aliphatic carbocycles. The average Bonchev–Trinajstić information content (AvgIpc) is 2.18. The monoisotopic (exact) mass is 179 g/mol. The van der Waals surface area contributed by atoms with Crippen LogP contribution in [0.3, 0.4) is 0 Å². The van der Waals surface area contributed by atoms with Crippen LogP contribution in [0.25, 0.3) is 0 Å². The Bertz CT molecular complexity index is 260. The summed E-state index contributed by atoms with van der Waals surface area (Å²) in [4.78, 5) is 0. The third-order valence-corrected chi connectivity index (χ3v) is 2.18. The molecule has 1 aromatic rings. The first-order valence-corrected chi connectivity index (χ1v) is 4.55. The number of nitrogens with two attached hydrogens (primary N) is 1. The lowest BCUT2D eigenvalue weighted by Gasteiger charge is -2.10. The molecule has 2 N–H and O–H groups in total. The predicted octanol–water partition coefficient (Wildman–Crippen LogP) is 1.90. The summed E-state index contributed by atoms with van der Waals surface area (Å²) in [5.74, 6) is 0.428. The van der Waals surface area contributed by atoms with Gasteiger partial charge >= 0.3 is 0 Å². The maximum atomic E-state index is 5.60. The molecule has 0 amide bonds. The van der Waals surface area contributed by atoms with Crippen molar-refractivity contribution in [3.8, 4) is 0 Å². The molecule has 0 radical (unpaired) electrons. The summed E-state index contributed by atoms with van der Waals surface area (Å²) in [7, 11) is 1.71.